The lowest BCUT2D eigenvalue weighted by Gasteiger charge is -2.09. The standard InChI is InChI=1S/C28H38N4O6S6/c33-43(34,35)21-7-5-13-31-25-11-3-1-9-23(25)29-27(31)41-19-17-39-15-16-40-18-20-42-28-30-24-10-2-4-12-26(24)32(28)14-6-8-22-44(36,37)38/h1-4,9-12H,5-8,13-22H2,(H,33,34,35)(H,36,37,38). The van der Waals surface area contributed by atoms with Gasteiger partial charge in [0.05, 0.1) is 33.6 Å². The molecule has 0 unspecified atom stereocenters. The van der Waals surface area contributed by atoms with E-state index in [9.17, 15) is 16.8 Å². The molecule has 0 radical (unpaired) electrons. The Bertz CT molecular complexity index is 1580. The van der Waals surface area contributed by atoms with Gasteiger partial charge in [0.2, 0.25) is 0 Å². The molecule has 0 fully saturated rings. The highest BCUT2D eigenvalue weighted by Crippen LogP contribution is 2.27. The van der Waals surface area contributed by atoms with Crippen LogP contribution in [-0.4, -0.2) is 91.1 Å². The number of hydrogen-bond donors (Lipinski definition) is 2. The number of hydrogen-bond acceptors (Lipinski definition) is 10. The number of fused-ring (bicyclic) bond motifs is 2. The summed E-state index contributed by atoms with van der Waals surface area (Å²) < 4.78 is 66.5. The number of aromatic nitrogens is 4. The van der Waals surface area contributed by atoms with Crippen molar-refractivity contribution in [3.63, 3.8) is 0 Å². The van der Waals surface area contributed by atoms with Gasteiger partial charge in [-0.25, -0.2) is 9.97 Å². The third-order valence-corrected chi connectivity index (χ3v) is 12.9. The van der Waals surface area contributed by atoms with Crippen LogP contribution in [0.15, 0.2) is 58.8 Å². The second kappa shape index (κ2) is 17.5. The maximum atomic E-state index is 11.0. The smallest absolute Gasteiger partial charge is 0.264 e. The van der Waals surface area contributed by atoms with Crippen LogP contribution >= 0.6 is 47.0 Å². The van der Waals surface area contributed by atoms with Crippen molar-refractivity contribution in [1.82, 2.24) is 19.1 Å². The van der Waals surface area contributed by atoms with E-state index in [4.69, 9.17) is 19.1 Å². The second-order valence-electron chi connectivity index (χ2n) is 9.98. The van der Waals surface area contributed by atoms with E-state index in [2.05, 4.69) is 9.13 Å². The second-order valence-corrected chi connectivity index (χ2v) is 17.7. The molecule has 4 rings (SSSR count). The summed E-state index contributed by atoms with van der Waals surface area (Å²) >= 11 is 7.29. The summed E-state index contributed by atoms with van der Waals surface area (Å²) in [5.74, 6) is 5.56. The number of aryl methyl sites for hydroxylation is 2. The molecule has 0 aliphatic rings. The summed E-state index contributed by atoms with van der Waals surface area (Å²) in [6.45, 7) is 1.31. The maximum Gasteiger partial charge on any atom is 0.264 e. The van der Waals surface area contributed by atoms with Gasteiger partial charge in [-0.05, 0) is 49.9 Å². The van der Waals surface area contributed by atoms with Crippen molar-refractivity contribution in [1.29, 1.82) is 0 Å². The van der Waals surface area contributed by atoms with Gasteiger partial charge in [0.25, 0.3) is 20.2 Å². The number of nitrogens with zero attached hydrogens (tertiary/aromatic N) is 4. The fourth-order valence-corrected chi connectivity index (χ4v) is 10.1. The van der Waals surface area contributed by atoms with E-state index in [1.54, 1.807) is 23.5 Å². The Morgan fingerprint density at radius 3 is 1.36 bits per heavy atom. The predicted octanol–water partition coefficient (Wildman–Crippen LogP) is 6.07. The molecular weight excluding hydrogens is 681 g/mol. The topological polar surface area (TPSA) is 144 Å². The lowest BCUT2D eigenvalue weighted by atomic mass is 10.3. The molecule has 0 bridgehead atoms. The van der Waals surface area contributed by atoms with Crippen molar-refractivity contribution in [3.8, 4) is 0 Å². The molecule has 10 nitrogen and oxygen atoms in total. The van der Waals surface area contributed by atoms with Gasteiger partial charge in [0.15, 0.2) is 10.3 Å². The van der Waals surface area contributed by atoms with Crippen LogP contribution in [0.25, 0.3) is 22.1 Å². The maximum absolute atomic E-state index is 11.0. The van der Waals surface area contributed by atoms with Gasteiger partial charge in [-0.15, -0.1) is 0 Å². The quantitative estimate of drug-likeness (QED) is 0.0586. The fourth-order valence-electron chi connectivity index (χ4n) is 4.57. The SMILES string of the molecule is O=S(=O)(O)CCCCn1c(SCCSCCSCCSc2nc3ccccc3n2CCCCS(=O)(=O)O)nc2ccccc21. The largest absolute Gasteiger partial charge is 0.319 e. The molecule has 0 aliphatic carbocycles. The summed E-state index contributed by atoms with van der Waals surface area (Å²) in [5.41, 5.74) is 3.94. The summed E-state index contributed by atoms with van der Waals surface area (Å²) in [5, 5.41) is 1.88. The number of benzene rings is 2. The van der Waals surface area contributed by atoms with Crippen LogP contribution in [0.5, 0.6) is 0 Å². The average molecular weight is 719 g/mol. The Kier molecular flexibility index (Phi) is 14.1. The van der Waals surface area contributed by atoms with Gasteiger partial charge in [0.1, 0.15) is 0 Å². The van der Waals surface area contributed by atoms with Crippen LogP contribution in [0.1, 0.15) is 25.7 Å². The van der Waals surface area contributed by atoms with Crippen LogP contribution < -0.4 is 0 Å². The van der Waals surface area contributed by atoms with E-state index >= 15 is 0 Å². The van der Waals surface area contributed by atoms with Crippen molar-refractivity contribution < 1.29 is 25.9 Å². The zero-order valence-corrected chi connectivity index (χ0v) is 29.2. The Balaban J connectivity index is 1.14. The van der Waals surface area contributed by atoms with E-state index < -0.39 is 20.2 Å². The normalized spacial score (nSPS) is 12.5. The van der Waals surface area contributed by atoms with Gasteiger partial charge in [-0.2, -0.15) is 40.4 Å². The molecule has 44 heavy (non-hydrogen) atoms. The van der Waals surface area contributed by atoms with Crippen molar-refractivity contribution in [2.75, 3.05) is 46.0 Å². The minimum atomic E-state index is -3.94. The number of unbranched alkanes of at least 4 members (excludes halogenated alkanes) is 2. The minimum absolute atomic E-state index is 0.223. The molecule has 0 saturated heterocycles. The number of thioether (sulfide) groups is 4. The number of rotatable bonds is 21. The molecule has 2 N–H and O–H groups in total. The number of para-hydroxylation sites is 4. The Morgan fingerprint density at radius 2 is 0.955 bits per heavy atom. The zero-order chi connectivity index (χ0) is 31.4. The molecule has 2 aromatic carbocycles. The number of imidazole rings is 2. The van der Waals surface area contributed by atoms with Gasteiger partial charge >= 0.3 is 0 Å². The van der Waals surface area contributed by atoms with Crippen molar-refractivity contribution >= 4 is 89.4 Å². The highest BCUT2D eigenvalue weighted by molar-refractivity contribution is 8.05. The highest BCUT2D eigenvalue weighted by atomic mass is 32.2. The van der Waals surface area contributed by atoms with Gasteiger partial charge < -0.3 is 9.13 Å². The van der Waals surface area contributed by atoms with Crippen molar-refractivity contribution in [2.45, 2.75) is 49.1 Å². The van der Waals surface area contributed by atoms with E-state index in [1.165, 1.54) is 0 Å². The van der Waals surface area contributed by atoms with Gasteiger partial charge in [0, 0.05) is 47.6 Å². The first-order valence-electron chi connectivity index (χ1n) is 14.3. The monoisotopic (exact) mass is 718 g/mol. The molecule has 4 aromatic rings. The summed E-state index contributed by atoms with van der Waals surface area (Å²) in [7, 11) is -7.88. The van der Waals surface area contributed by atoms with E-state index in [0.29, 0.717) is 38.8 Å². The predicted molar refractivity (Wildman–Crippen MR) is 187 cm³/mol. The molecule has 0 spiro atoms. The van der Waals surface area contributed by atoms with E-state index in [-0.39, 0.29) is 11.5 Å². The van der Waals surface area contributed by atoms with Crippen LogP contribution in [0.2, 0.25) is 0 Å². The first-order chi connectivity index (χ1) is 21.1. The summed E-state index contributed by atoms with van der Waals surface area (Å²) in [6, 6.07) is 15.9. The lowest BCUT2D eigenvalue weighted by Crippen LogP contribution is -2.06. The van der Waals surface area contributed by atoms with E-state index in [0.717, 1.165) is 66.9 Å². The molecule has 2 heterocycles. The summed E-state index contributed by atoms with van der Waals surface area (Å²) in [6.07, 6.45) is 2.10. The first-order valence-corrected chi connectivity index (χ1v) is 21.8. The molecule has 0 amide bonds. The van der Waals surface area contributed by atoms with Gasteiger partial charge in [-0.3, -0.25) is 9.11 Å². The molecule has 242 valence electrons. The third-order valence-electron chi connectivity index (χ3n) is 6.60. The third kappa shape index (κ3) is 11.8. The van der Waals surface area contributed by atoms with Crippen LogP contribution in [0.4, 0.5) is 0 Å². The fraction of sp³-hybridized carbons (Fsp3) is 0.500. The molecule has 16 heteroatoms. The lowest BCUT2D eigenvalue weighted by molar-refractivity contribution is 0.475. The minimum Gasteiger partial charge on any atom is -0.319 e. The average Bonchev–Trinajstić information content (AvgIpc) is 3.50. The van der Waals surface area contributed by atoms with Gasteiger partial charge in [-0.1, -0.05) is 47.8 Å². The van der Waals surface area contributed by atoms with Crippen LogP contribution in [0.3, 0.4) is 0 Å². The van der Waals surface area contributed by atoms with Crippen LogP contribution in [0, 0.1) is 0 Å². The highest BCUT2D eigenvalue weighted by Gasteiger charge is 2.13. The van der Waals surface area contributed by atoms with Crippen molar-refractivity contribution in [3.05, 3.63) is 48.5 Å². The summed E-state index contributed by atoms with van der Waals surface area (Å²) in [4.78, 5) is 9.57. The molecule has 0 atom stereocenters. The molecule has 0 aliphatic heterocycles. The molecule has 2 aromatic heterocycles. The Morgan fingerprint density at radius 1 is 0.568 bits per heavy atom. The van der Waals surface area contributed by atoms with E-state index in [1.807, 2.05) is 72.1 Å². The van der Waals surface area contributed by atoms with Crippen LogP contribution in [-0.2, 0) is 33.3 Å². The van der Waals surface area contributed by atoms with Crippen molar-refractivity contribution in [2.24, 2.45) is 0 Å². The Hall–Kier alpha value is -1.40. The molecular formula is C28H38N4O6S6. The first kappa shape index (κ1) is 35.5. The Labute approximate surface area is 276 Å². The molecule has 0 saturated carbocycles. The zero-order valence-electron chi connectivity index (χ0n) is 24.3.